The summed E-state index contributed by atoms with van der Waals surface area (Å²) in [5.41, 5.74) is 8.97. The fraction of sp³-hybridized carbons (Fsp3) is 0.600. The summed E-state index contributed by atoms with van der Waals surface area (Å²) < 4.78 is 20.6. The van der Waals surface area contributed by atoms with E-state index in [1.165, 1.54) is 17.9 Å². The van der Waals surface area contributed by atoms with Gasteiger partial charge < -0.3 is 29.0 Å². The number of cyclic esters (lactones) is 1. The van der Waals surface area contributed by atoms with Gasteiger partial charge in [-0.3, -0.25) is 44.2 Å². The van der Waals surface area contributed by atoms with Crippen molar-refractivity contribution in [2.24, 2.45) is 28.1 Å². The molecule has 16 heteroatoms. The minimum atomic E-state index is -1.07. The van der Waals surface area contributed by atoms with Crippen LogP contribution in [-0.2, 0) is 52.8 Å². The number of fused-ring (bicyclic) bond motifs is 6. The Labute approximate surface area is 448 Å². The average molecular weight is 1040 g/mol. The number of rotatable bonds is 11. The molecular formula is C60H80N8O8. The van der Waals surface area contributed by atoms with Crippen LogP contribution >= 0.6 is 0 Å². The summed E-state index contributed by atoms with van der Waals surface area (Å²) >= 11 is 0. The second kappa shape index (κ2) is 20.9. The zero-order valence-electron chi connectivity index (χ0n) is 46.4. The van der Waals surface area contributed by atoms with Crippen molar-refractivity contribution >= 4 is 40.6 Å². The third-order valence-electron chi connectivity index (χ3n) is 17.0. The molecular weight excluding hydrogens is 961 g/mol. The quantitative estimate of drug-likeness (QED) is 0.0770. The molecule has 4 aromatic rings. The fourth-order valence-electron chi connectivity index (χ4n) is 12.6. The SMILES string of the molecule is CCn1c(-c2cccnc2[C@H](C)OC)c2c3cc(ccc31)-c1cc(cc(OC(=O)C(C)(C)C)c1)C[C@H](NC(=O)[C@H](C(C)C)N1CC[C@]3(CCN(C(=O)[C@@H]4N[C@@H]4C4CC4)C3)C1)C(=O)N1CCC[C@H](N1)C(=O)OCC(C)(C)C2. The van der Waals surface area contributed by atoms with Crippen molar-refractivity contribution in [3.05, 3.63) is 71.5 Å². The third kappa shape index (κ3) is 10.9. The molecule has 5 aliphatic heterocycles. The highest BCUT2D eigenvalue weighted by molar-refractivity contribution is 5.96. The standard InChI is InChI=1S/C60H80N8O8/c1-11-67-47-19-18-39-30-43(47)44(52(67)42-14-12-22-61-48(42)36(4)74-10)31-59(8,9)34-75-56(72)45-15-13-23-68(64-45)54(70)46(28-37-26-40(39)29-41(27-37)76-57(73)58(5,6)7)62-53(69)51(35(2)3)65-24-20-60(32-65)21-25-66(33-60)55(71)50-49(63-50)38-16-17-38/h12,14,18-19,22,26-27,29-30,35-36,38,45-46,49-51,63-64H,11,13,15-17,20-21,23-25,28,31-34H2,1-10H3,(H,62,69)/t36-,45-,46-,49+,50+,51-,60-/m0/s1. The average Bonchev–Trinajstić information content (AvgIpc) is 4.36. The normalized spacial score (nSPS) is 25.9. The molecule has 4 saturated heterocycles. The minimum Gasteiger partial charge on any atom is -0.464 e. The van der Waals surface area contributed by atoms with Crippen molar-refractivity contribution in [2.75, 3.05) is 46.4 Å². The number of esters is 2. The first kappa shape index (κ1) is 53.7. The summed E-state index contributed by atoms with van der Waals surface area (Å²) in [4.78, 5) is 80.9. The molecule has 2 aromatic heterocycles. The van der Waals surface area contributed by atoms with Crippen LogP contribution in [0.2, 0.25) is 0 Å². The number of benzene rings is 2. The van der Waals surface area contributed by atoms with Gasteiger partial charge in [0.15, 0.2) is 0 Å². The van der Waals surface area contributed by atoms with Crippen LogP contribution in [0.4, 0.5) is 0 Å². The Hall–Kier alpha value is -5.68. The molecule has 3 N–H and O–H groups in total. The van der Waals surface area contributed by atoms with Crippen molar-refractivity contribution in [1.29, 1.82) is 0 Å². The Balaban J connectivity index is 1.03. The number of carbonyl (C=O) groups is 5. The van der Waals surface area contributed by atoms with Crippen LogP contribution in [0.15, 0.2) is 54.7 Å². The lowest BCUT2D eigenvalue weighted by molar-refractivity contribution is -0.155. The minimum absolute atomic E-state index is 0.0602. The van der Waals surface area contributed by atoms with Crippen LogP contribution in [-0.4, -0.2) is 131 Å². The number of hydrogen-bond acceptors (Lipinski definition) is 12. The first-order chi connectivity index (χ1) is 36.2. The zero-order valence-corrected chi connectivity index (χ0v) is 46.4. The Kier molecular flexibility index (Phi) is 14.8. The van der Waals surface area contributed by atoms with Gasteiger partial charge in [0.2, 0.25) is 11.8 Å². The topological polar surface area (TPSA) is 187 Å². The molecule has 5 fully saturated rings. The van der Waals surface area contributed by atoms with Crippen molar-refractivity contribution in [2.45, 2.75) is 157 Å². The van der Waals surface area contributed by atoms with Gasteiger partial charge >= 0.3 is 11.9 Å². The summed E-state index contributed by atoms with van der Waals surface area (Å²) in [5, 5.41) is 9.19. The Morgan fingerprint density at radius 1 is 0.961 bits per heavy atom. The number of aromatic nitrogens is 2. The number of hydrogen-bond donors (Lipinski definition) is 3. The first-order valence-corrected chi connectivity index (χ1v) is 28.0. The zero-order chi connectivity index (χ0) is 54.0. The molecule has 0 radical (unpaired) electrons. The van der Waals surface area contributed by atoms with E-state index in [1.807, 2.05) is 64.6 Å². The molecule has 0 unspecified atom stereocenters. The third-order valence-corrected chi connectivity index (χ3v) is 17.0. The number of nitrogens with one attached hydrogen (secondary N) is 3. The monoisotopic (exact) mass is 1040 g/mol. The second-order valence-electron chi connectivity index (χ2n) is 25.1. The molecule has 76 heavy (non-hydrogen) atoms. The summed E-state index contributed by atoms with van der Waals surface area (Å²) in [6.07, 6.45) is 7.30. The van der Waals surface area contributed by atoms with E-state index >= 15 is 9.59 Å². The van der Waals surface area contributed by atoms with Gasteiger partial charge in [0.1, 0.15) is 23.9 Å². The van der Waals surface area contributed by atoms with Crippen LogP contribution in [0.25, 0.3) is 33.3 Å². The number of amides is 3. The summed E-state index contributed by atoms with van der Waals surface area (Å²) in [7, 11) is 1.69. The molecule has 6 aliphatic rings. The first-order valence-electron chi connectivity index (χ1n) is 28.0. The van der Waals surface area contributed by atoms with Gasteiger partial charge in [0, 0.05) is 85.8 Å². The highest BCUT2D eigenvalue weighted by atomic mass is 16.5. The number of nitrogens with zero attached hydrogens (tertiary/aromatic N) is 5. The maximum Gasteiger partial charge on any atom is 0.324 e. The summed E-state index contributed by atoms with van der Waals surface area (Å²) in [6.45, 7) is 21.8. The number of ether oxygens (including phenoxy) is 3. The fourth-order valence-corrected chi connectivity index (χ4v) is 12.6. The molecule has 7 atom stereocenters. The summed E-state index contributed by atoms with van der Waals surface area (Å²) in [5.74, 6) is -0.424. The van der Waals surface area contributed by atoms with E-state index in [2.05, 4.69) is 70.6 Å². The van der Waals surface area contributed by atoms with E-state index in [9.17, 15) is 14.4 Å². The largest absolute Gasteiger partial charge is 0.464 e. The number of likely N-dealkylation sites (tertiary alicyclic amines) is 2. The molecule has 3 amide bonds. The Morgan fingerprint density at radius 3 is 2.46 bits per heavy atom. The van der Waals surface area contributed by atoms with E-state index in [-0.39, 0.29) is 54.2 Å². The maximum atomic E-state index is 15.2. The lowest BCUT2D eigenvalue weighted by Gasteiger charge is -2.37. The lowest BCUT2D eigenvalue weighted by Crippen LogP contribution is -2.62. The van der Waals surface area contributed by atoms with Crippen LogP contribution in [0, 0.1) is 28.1 Å². The van der Waals surface area contributed by atoms with Gasteiger partial charge in [0.25, 0.3) is 5.91 Å². The van der Waals surface area contributed by atoms with Crippen molar-refractivity contribution in [3.63, 3.8) is 0 Å². The molecule has 16 nitrogen and oxygen atoms in total. The van der Waals surface area contributed by atoms with Crippen LogP contribution < -0.4 is 20.8 Å². The predicted octanol–water partition coefficient (Wildman–Crippen LogP) is 7.40. The van der Waals surface area contributed by atoms with E-state index < -0.39 is 40.9 Å². The van der Waals surface area contributed by atoms with Crippen molar-refractivity contribution < 1.29 is 38.2 Å². The van der Waals surface area contributed by atoms with E-state index in [0.29, 0.717) is 75.3 Å². The molecule has 10 rings (SSSR count). The van der Waals surface area contributed by atoms with E-state index in [4.69, 9.17) is 19.2 Å². The number of aryl methyl sites for hydroxylation is 1. The smallest absolute Gasteiger partial charge is 0.324 e. The van der Waals surface area contributed by atoms with Gasteiger partial charge in [-0.15, -0.1) is 0 Å². The number of hydrazine groups is 1. The molecule has 2 aromatic carbocycles. The molecule has 1 aliphatic carbocycles. The number of carbonyl (C=O) groups excluding carboxylic acids is 5. The van der Waals surface area contributed by atoms with E-state index in [0.717, 1.165) is 63.9 Å². The Bertz CT molecular complexity index is 2900. The van der Waals surface area contributed by atoms with Gasteiger partial charge in [-0.05, 0) is 157 Å². The molecule has 1 saturated carbocycles. The van der Waals surface area contributed by atoms with Crippen molar-refractivity contribution in [1.82, 2.24) is 40.4 Å². The van der Waals surface area contributed by atoms with Gasteiger partial charge in [-0.1, -0.05) is 39.8 Å². The van der Waals surface area contributed by atoms with Gasteiger partial charge in [-0.2, -0.15) is 0 Å². The maximum absolute atomic E-state index is 15.2. The number of pyridine rings is 1. The highest BCUT2D eigenvalue weighted by Crippen LogP contribution is 2.45. The molecule has 408 valence electrons. The number of methoxy groups -OCH3 is 1. The lowest BCUT2D eigenvalue weighted by atomic mass is 9.84. The predicted molar refractivity (Wildman–Crippen MR) is 291 cm³/mol. The second-order valence-corrected chi connectivity index (χ2v) is 25.1. The Morgan fingerprint density at radius 2 is 1.74 bits per heavy atom. The van der Waals surface area contributed by atoms with Crippen LogP contribution in [0.3, 0.4) is 0 Å². The molecule has 7 heterocycles. The van der Waals surface area contributed by atoms with Crippen molar-refractivity contribution in [3.8, 4) is 28.1 Å². The highest BCUT2D eigenvalue weighted by Gasteiger charge is 2.55. The van der Waals surface area contributed by atoms with Gasteiger partial charge in [-0.25, -0.2) is 5.43 Å². The van der Waals surface area contributed by atoms with Crippen LogP contribution in [0.5, 0.6) is 5.75 Å². The van der Waals surface area contributed by atoms with Gasteiger partial charge in [0.05, 0.1) is 35.6 Å². The molecule has 6 bridgehead atoms. The van der Waals surface area contributed by atoms with E-state index in [1.54, 1.807) is 19.4 Å². The summed E-state index contributed by atoms with van der Waals surface area (Å²) in [6, 6.07) is 14.0. The molecule has 1 spiro atoms. The van der Waals surface area contributed by atoms with Crippen LogP contribution in [0.1, 0.15) is 124 Å².